The molecular weight excluding hydrogens is 619 g/mol. The number of amides is 2. The number of carbonyl (C=O) groups is 2. The van der Waals surface area contributed by atoms with Crippen LogP contribution in [-0.2, 0) is 19.6 Å². The molecule has 0 unspecified atom stereocenters. The fourth-order valence-corrected chi connectivity index (χ4v) is 5.95. The van der Waals surface area contributed by atoms with Crippen LogP contribution in [0, 0.1) is 0 Å². The van der Waals surface area contributed by atoms with Crippen molar-refractivity contribution in [3.63, 3.8) is 0 Å². The number of ether oxygens (including phenoxy) is 1. The molecule has 1 fully saturated rings. The zero-order chi connectivity index (χ0) is 30.8. The highest BCUT2D eigenvalue weighted by atomic mass is 35.5. The number of para-hydroxylation sites is 1. The zero-order valence-electron chi connectivity index (χ0n) is 23.2. The number of nitrogens with zero attached hydrogens (tertiary/aromatic N) is 3. The Kier molecular flexibility index (Phi) is 11.6. The molecule has 0 radical (unpaired) electrons. The van der Waals surface area contributed by atoms with Gasteiger partial charge in [-0.15, -0.1) is 0 Å². The standard InChI is InChI=1S/C29H32Cl2N4O7S/c30-23-8-11-27(26(31)20-23)42-35(24-4-2-1-3-5-24)43(39,40)25-9-6-22(7-10-25)29(38)32-21-28(37)34-14-12-33(13-15-34)16-18-41-19-17-36/h1-11,20,36H,12-19,21H2,(H,32,38). The number of halogens is 2. The van der Waals surface area contributed by atoms with Crippen LogP contribution < -0.4 is 14.6 Å². The predicted molar refractivity (Wildman–Crippen MR) is 163 cm³/mol. The number of carbonyl (C=O) groups excluding carboxylic acids is 2. The lowest BCUT2D eigenvalue weighted by atomic mass is 10.2. The van der Waals surface area contributed by atoms with E-state index < -0.39 is 15.9 Å². The van der Waals surface area contributed by atoms with Gasteiger partial charge < -0.3 is 24.9 Å². The number of benzene rings is 3. The number of nitrogens with one attached hydrogen (secondary N) is 1. The van der Waals surface area contributed by atoms with Crippen molar-refractivity contribution in [3.05, 3.63) is 88.4 Å². The summed E-state index contributed by atoms with van der Waals surface area (Å²) in [6.45, 7) is 3.77. The first-order valence-electron chi connectivity index (χ1n) is 13.5. The molecule has 2 amide bonds. The Hall–Kier alpha value is -3.39. The minimum Gasteiger partial charge on any atom is -0.394 e. The monoisotopic (exact) mass is 650 g/mol. The number of hydrogen-bond donors (Lipinski definition) is 2. The van der Waals surface area contributed by atoms with E-state index in [1.54, 1.807) is 35.2 Å². The highest BCUT2D eigenvalue weighted by Gasteiger charge is 2.29. The van der Waals surface area contributed by atoms with E-state index in [0.717, 1.165) is 4.47 Å². The van der Waals surface area contributed by atoms with Crippen LogP contribution >= 0.6 is 23.2 Å². The van der Waals surface area contributed by atoms with Gasteiger partial charge in [0.2, 0.25) is 5.91 Å². The normalized spacial score (nSPS) is 13.9. The Balaban J connectivity index is 1.37. The molecule has 4 rings (SSSR count). The molecular formula is C29H32Cl2N4O7S. The van der Waals surface area contributed by atoms with Crippen molar-refractivity contribution < 1.29 is 32.7 Å². The summed E-state index contributed by atoms with van der Waals surface area (Å²) in [5, 5.41) is 11.9. The Bertz CT molecular complexity index is 1490. The number of aliphatic hydroxyl groups is 1. The topological polar surface area (TPSA) is 129 Å². The average molecular weight is 652 g/mol. The fraction of sp³-hybridized carbons (Fsp3) is 0.310. The van der Waals surface area contributed by atoms with Gasteiger partial charge in [-0.05, 0) is 54.6 Å². The number of hydrogen-bond acceptors (Lipinski definition) is 8. The van der Waals surface area contributed by atoms with Crippen LogP contribution in [0.1, 0.15) is 10.4 Å². The third kappa shape index (κ3) is 8.82. The van der Waals surface area contributed by atoms with E-state index in [1.165, 1.54) is 42.5 Å². The number of sulfonamides is 1. The second-order valence-corrected chi connectivity index (χ2v) is 12.1. The number of anilines is 1. The van der Waals surface area contributed by atoms with Crippen LogP contribution in [0.4, 0.5) is 5.69 Å². The molecule has 0 aliphatic carbocycles. The Morgan fingerprint density at radius 1 is 0.930 bits per heavy atom. The van der Waals surface area contributed by atoms with Gasteiger partial charge in [-0.3, -0.25) is 14.5 Å². The third-order valence-corrected chi connectivity index (χ3v) is 8.71. The highest BCUT2D eigenvalue weighted by molar-refractivity contribution is 7.92. The summed E-state index contributed by atoms with van der Waals surface area (Å²) in [6.07, 6.45) is 0. The first-order valence-corrected chi connectivity index (χ1v) is 15.7. The molecule has 1 heterocycles. The lowest BCUT2D eigenvalue weighted by molar-refractivity contribution is -0.131. The summed E-state index contributed by atoms with van der Waals surface area (Å²) in [5.74, 6) is -0.644. The van der Waals surface area contributed by atoms with E-state index in [4.69, 9.17) is 37.9 Å². The quantitative estimate of drug-likeness (QED) is 0.213. The lowest BCUT2D eigenvalue weighted by Gasteiger charge is -2.34. The van der Waals surface area contributed by atoms with Gasteiger partial charge in [0.25, 0.3) is 15.9 Å². The summed E-state index contributed by atoms with van der Waals surface area (Å²) in [7, 11) is -4.27. The zero-order valence-corrected chi connectivity index (χ0v) is 25.5. The van der Waals surface area contributed by atoms with Crippen LogP contribution in [0.25, 0.3) is 0 Å². The van der Waals surface area contributed by atoms with Crippen molar-refractivity contribution in [2.24, 2.45) is 0 Å². The summed E-state index contributed by atoms with van der Waals surface area (Å²) >= 11 is 12.2. The molecule has 43 heavy (non-hydrogen) atoms. The molecule has 230 valence electrons. The van der Waals surface area contributed by atoms with E-state index >= 15 is 0 Å². The Morgan fingerprint density at radius 3 is 2.28 bits per heavy atom. The molecule has 0 saturated carbocycles. The molecule has 11 nitrogen and oxygen atoms in total. The molecule has 0 atom stereocenters. The van der Waals surface area contributed by atoms with Gasteiger partial charge in [0, 0.05) is 43.3 Å². The first kappa shape index (κ1) is 32.5. The van der Waals surface area contributed by atoms with Crippen LogP contribution in [-0.4, -0.2) is 94.2 Å². The molecule has 1 aliphatic rings. The maximum Gasteiger partial charge on any atom is 0.295 e. The fourth-order valence-electron chi connectivity index (χ4n) is 4.25. The van der Waals surface area contributed by atoms with Crippen molar-refractivity contribution in [1.82, 2.24) is 15.1 Å². The molecule has 1 saturated heterocycles. The second-order valence-electron chi connectivity index (χ2n) is 9.50. The number of piperazine rings is 1. The van der Waals surface area contributed by atoms with Crippen molar-refractivity contribution in [2.45, 2.75) is 4.90 Å². The minimum atomic E-state index is -4.27. The van der Waals surface area contributed by atoms with Crippen LogP contribution in [0.15, 0.2) is 77.7 Å². The van der Waals surface area contributed by atoms with E-state index in [9.17, 15) is 18.0 Å². The van der Waals surface area contributed by atoms with Gasteiger partial charge in [0.15, 0.2) is 5.75 Å². The molecule has 3 aromatic carbocycles. The lowest BCUT2D eigenvalue weighted by Crippen LogP contribution is -2.51. The maximum absolute atomic E-state index is 13.7. The van der Waals surface area contributed by atoms with E-state index in [-0.39, 0.29) is 46.0 Å². The largest absolute Gasteiger partial charge is 0.394 e. The van der Waals surface area contributed by atoms with E-state index in [0.29, 0.717) is 51.0 Å². The van der Waals surface area contributed by atoms with E-state index in [1.807, 2.05) is 0 Å². The summed E-state index contributed by atoms with van der Waals surface area (Å²) in [4.78, 5) is 34.9. The third-order valence-electron chi connectivity index (χ3n) is 6.59. The molecule has 0 aromatic heterocycles. The van der Waals surface area contributed by atoms with Crippen LogP contribution in [0.3, 0.4) is 0 Å². The average Bonchev–Trinajstić information content (AvgIpc) is 3.02. The minimum absolute atomic E-state index is 0.0140. The predicted octanol–water partition coefficient (Wildman–Crippen LogP) is 3.07. The first-order chi connectivity index (χ1) is 20.7. The van der Waals surface area contributed by atoms with Crippen LogP contribution in [0.5, 0.6) is 5.75 Å². The maximum atomic E-state index is 13.7. The summed E-state index contributed by atoms with van der Waals surface area (Å²) < 4.78 is 33.3. The van der Waals surface area contributed by atoms with Crippen molar-refractivity contribution in [1.29, 1.82) is 0 Å². The van der Waals surface area contributed by atoms with E-state index in [2.05, 4.69) is 10.2 Å². The van der Waals surface area contributed by atoms with Crippen molar-refractivity contribution in [2.75, 3.05) is 63.6 Å². The Labute approximate surface area is 260 Å². The van der Waals surface area contributed by atoms with Gasteiger partial charge in [-0.1, -0.05) is 45.9 Å². The second kappa shape index (κ2) is 15.4. The van der Waals surface area contributed by atoms with Gasteiger partial charge in [0.05, 0.1) is 42.0 Å². The smallest absolute Gasteiger partial charge is 0.295 e. The number of aliphatic hydroxyl groups excluding tert-OH is 1. The van der Waals surface area contributed by atoms with Gasteiger partial charge in [-0.25, -0.2) is 0 Å². The molecule has 2 N–H and O–H groups in total. The Morgan fingerprint density at radius 2 is 1.63 bits per heavy atom. The number of rotatable bonds is 13. The molecule has 0 spiro atoms. The van der Waals surface area contributed by atoms with Crippen molar-refractivity contribution >= 4 is 50.7 Å². The van der Waals surface area contributed by atoms with Gasteiger partial charge in [-0.2, -0.15) is 8.42 Å². The highest BCUT2D eigenvalue weighted by Crippen LogP contribution is 2.32. The molecule has 1 aliphatic heterocycles. The van der Waals surface area contributed by atoms with Gasteiger partial charge in [0.1, 0.15) is 0 Å². The molecule has 14 heteroatoms. The van der Waals surface area contributed by atoms with Crippen molar-refractivity contribution in [3.8, 4) is 5.75 Å². The summed E-state index contributed by atoms with van der Waals surface area (Å²) in [6, 6.07) is 17.9. The molecule has 3 aromatic rings. The SMILES string of the molecule is O=C(NCC(=O)N1CCN(CCOCCO)CC1)c1ccc(S(=O)(=O)N(Oc2ccc(Cl)cc2Cl)c2ccccc2)cc1. The summed E-state index contributed by atoms with van der Waals surface area (Å²) in [5.41, 5.74) is 0.414. The molecule has 0 bridgehead atoms. The van der Waals surface area contributed by atoms with Crippen LogP contribution in [0.2, 0.25) is 10.0 Å². The van der Waals surface area contributed by atoms with Gasteiger partial charge >= 0.3 is 0 Å².